The van der Waals surface area contributed by atoms with Crippen molar-refractivity contribution in [2.75, 3.05) is 24.5 Å². The van der Waals surface area contributed by atoms with Gasteiger partial charge in [-0.15, -0.1) is 11.3 Å². The molecule has 4 aliphatic heterocycles. The molecule has 0 amide bonds. The van der Waals surface area contributed by atoms with Gasteiger partial charge in [-0.2, -0.15) is 0 Å². The number of hydrogen-bond donors (Lipinski definition) is 0. The van der Waals surface area contributed by atoms with Crippen LogP contribution in [-0.2, 0) is 0 Å². The summed E-state index contributed by atoms with van der Waals surface area (Å²) in [6.45, 7) is -0.351. The third-order valence-electron chi connectivity index (χ3n) is 17.9. The van der Waals surface area contributed by atoms with E-state index in [1.54, 1.807) is 0 Å². The lowest BCUT2D eigenvalue weighted by Gasteiger charge is -2.46. The van der Waals surface area contributed by atoms with Gasteiger partial charge >= 0.3 is 0 Å². The van der Waals surface area contributed by atoms with E-state index in [2.05, 4.69) is 334 Å². The average molecular weight is 1130 g/mol. The van der Waals surface area contributed by atoms with Crippen molar-refractivity contribution in [3.8, 4) is 11.5 Å². The Morgan fingerprint density at radius 1 is 0.299 bits per heavy atom. The summed E-state index contributed by atoms with van der Waals surface area (Å²) in [5, 5.41) is 3.72. The molecule has 0 atom stereocenters. The van der Waals surface area contributed by atoms with Gasteiger partial charge in [-0.25, -0.2) is 0 Å². The Morgan fingerprint density at radius 2 is 0.759 bits per heavy atom. The summed E-state index contributed by atoms with van der Waals surface area (Å²) < 4.78 is 10.4. The summed E-state index contributed by atoms with van der Waals surface area (Å²) in [7, 11) is 0. The molecule has 18 rings (SSSR count). The van der Waals surface area contributed by atoms with Gasteiger partial charge in [0, 0.05) is 95.2 Å². The first-order chi connectivity index (χ1) is 43.2. The van der Waals surface area contributed by atoms with Crippen molar-refractivity contribution in [2.45, 2.75) is 0 Å². The molecule has 406 valence electrons. The van der Waals surface area contributed by atoms with E-state index >= 15 is 0 Å². The van der Waals surface area contributed by atoms with Gasteiger partial charge in [0.25, 0.3) is 13.4 Å². The number of para-hydroxylation sites is 8. The highest BCUT2D eigenvalue weighted by molar-refractivity contribution is 7.34. The molecular weight excluding hydrogens is 1080 g/mol. The van der Waals surface area contributed by atoms with Gasteiger partial charge in [0.15, 0.2) is 0 Å². The number of benzene rings is 13. The zero-order valence-electron chi connectivity index (χ0n) is 47.2. The molecule has 1 aromatic heterocycles. The molecule has 0 spiro atoms. The zero-order chi connectivity index (χ0) is 57.1. The van der Waals surface area contributed by atoms with Crippen molar-refractivity contribution in [1.29, 1.82) is 0 Å². The molecule has 13 aromatic carbocycles. The molecule has 4 aliphatic rings. The van der Waals surface area contributed by atoms with Gasteiger partial charge in [-0.3, -0.25) is 0 Å². The van der Waals surface area contributed by atoms with Gasteiger partial charge in [0.1, 0.15) is 11.5 Å². The van der Waals surface area contributed by atoms with Crippen molar-refractivity contribution >= 4 is 163 Å². The average Bonchev–Trinajstić information content (AvgIpc) is 1.67. The highest BCUT2D eigenvalue weighted by Crippen LogP contribution is 2.53. The number of fused-ring (bicyclic) bond motifs is 12. The smallest absolute Gasteiger partial charge is 0.268 e. The van der Waals surface area contributed by atoms with Crippen molar-refractivity contribution in [2.24, 2.45) is 0 Å². The van der Waals surface area contributed by atoms with E-state index in [-0.39, 0.29) is 13.4 Å². The summed E-state index contributed by atoms with van der Waals surface area (Å²) in [5.74, 6) is 1.67. The maximum absolute atomic E-state index is 7.81. The Hall–Kier alpha value is -11.0. The fraction of sp³-hybridized carbons (Fsp3) is 0. The number of nitrogens with zero attached hydrogens (tertiary/aromatic N) is 5. The van der Waals surface area contributed by atoms with Crippen LogP contribution in [0, 0.1) is 0 Å². The highest BCUT2D eigenvalue weighted by atomic mass is 32.1. The minimum atomic E-state index is -0.190. The van der Waals surface area contributed by atoms with Crippen LogP contribution in [0.3, 0.4) is 0 Å². The van der Waals surface area contributed by atoms with Gasteiger partial charge in [-0.05, 0) is 147 Å². The van der Waals surface area contributed by atoms with E-state index in [1.165, 1.54) is 47.7 Å². The van der Waals surface area contributed by atoms with E-state index in [0.29, 0.717) is 0 Å². The first-order valence-electron chi connectivity index (χ1n) is 29.8. The van der Waals surface area contributed by atoms with Crippen LogP contribution < -0.4 is 61.3 Å². The predicted molar refractivity (Wildman–Crippen MR) is 369 cm³/mol. The molecule has 0 bridgehead atoms. The van der Waals surface area contributed by atoms with Crippen molar-refractivity contribution in [3.05, 3.63) is 309 Å². The van der Waals surface area contributed by atoms with Crippen LogP contribution in [0.5, 0.6) is 11.5 Å². The third kappa shape index (κ3) is 7.69. The van der Waals surface area contributed by atoms with Gasteiger partial charge in [-0.1, -0.05) is 188 Å². The summed E-state index contributed by atoms with van der Waals surface area (Å²) >= 11 is 1.94. The number of rotatable bonds is 9. The first kappa shape index (κ1) is 49.4. The predicted octanol–water partition coefficient (Wildman–Crippen LogP) is 17.5. The minimum absolute atomic E-state index is 0.161. The van der Waals surface area contributed by atoms with Crippen LogP contribution in [0.2, 0.25) is 0 Å². The normalized spacial score (nSPS) is 13.0. The molecule has 14 aromatic rings. The summed E-state index contributed by atoms with van der Waals surface area (Å²) in [6, 6.07) is 113. The maximum atomic E-state index is 7.81. The third-order valence-corrected chi connectivity index (χ3v) is 19.2. The van der Waals surface area contributed by atoms with Gasteiger partial charge < -0.3 is 29.2 Å². The fourth-order valence-corrected chi connectivity index (χ4v) is 15.8. The monoisotopic (exact) mass is 1130 g/mol. The summed E-state index contributed by atoms with van der Waals surface area (Å²) in [6.07, 6.45) is 0. The molecule has 0 saturated heterocycles. The van der Waals surface area contributed by atoms with Crippen molar-refractivity contribution in [3.63, 3.8) is 0 Å². The lowest BCUT2D eigenvalue weighted by Crippen LogP contribution is -2.64. The van der Waals surface area contributed by atoms with Gasteiger partial charge in [0.2, 0.25) is 0 Å². The quantitative estimate of drug-likeness (QED) is 0.134. The standard InChI is InChI=1S/C78H51B2N5OS/c1-8-27-53(28-9-1)81(54-29-10-2-11-30-54)60-46-69-74-70(47-60)84(58-37-18-6-19-38-58)68-51-72-66(50-65(68)79(74)64-42-24-25-43-67(64)83(69)57-35-16-5-17-36-57)80-75-71(48-61(49-73(75)86-72)82(55-31-12-3-13-32-55)56-33-14-4-15-34-56)85(59-39-20-7-21-40-59)76-63-45-44-52-26-22-23-41-62(52)77(63)87-78(76)80/h1-51H. The van der Waals surface area contributed by atoms with E-state index in [1.807, 2.05) is 11.3 Å². The molecule has 5 heterocycles. The molecule has 6 nitrogen and oxygen atoms in total. The molecule has 9 heteroatoms. The Balaban J connectivity index is 0.945. The zero-order valence-corrected chi connectivity index (χ0v) is 48.0. The van der Waals surface area contributed by atoms with Crippen LogP contribution in [-0.4, -0.2) is 13.4 Å². The van der Waals surface area contributed by atoms with Crippen LogP contribution in [0.15, 0.2) is 309 Å². The topological polar surface area (TPSA) is 25.4 Å². The van der Waals surface area contributed by atoms with Crippen LogP contribution in [0.25, 0.3) is 20.9 Å². The molecule has 87 heavy (non-hydrogen) atoms. The Kier molecular flexibility index (Phi) is 11.3. The molecular formula is C78H51B2N5OS. The van der Waals surface area contributed by atoms with Crippen molar-refractivity contribution in [1.82, 2.24) is 0 Å². The second-order valence-corrected chi connectivity index (χ2v) is 23.8. The fourth-order valence-electron chi connectivity index (χ4n) is 14.4. The van der Waals surface area contributed by atoms with E-state index < -0.39 is 0 Å². The Morgan fingerprint density at radius 3 is 1.32 bits per heavy atom. The number of hydrogen-bond acceptors (Lipinski definition) is 7. The van der Waals surface area contributed by atoms with Gasteiger partial charge in [0.05, 0.1) is 17.1 Å². The van der Waals surface area contributed by atoms with E-state index in [4.69, 9.17) is 4.74 Å². The number of ether oxygens (including phenoxy) is 1. The molecule has 0 aliphatic carbocycles. The molecule has 0 N–H and O–H groups in total. The molecule has 0 saturated carbocycles. The first-order valence-corrected chi connectivity index (χ1v) is 30.6. The Bertz CT molecular complexity index is 4920. The van der Waals surface area contributed by atoms with E-state index in [9.17, 15) is 0 Å². The van der Waals surface area contributed by atoms with Crippen LogP contribution in [0.1, 0.15) is 0 Å². The molecule has 0 fully saturated rings. The largest absolute Gasteiger partial charge is 0.458 e. The Labute approximate surface area is 510 Å². The molecule has 0 unspecified atom stereocenters. The lowest BCUT2D eigenvalue weighted by atomic mass is 9.31. The summed E-state index contributed by atoms with van der Waals surface area (Å²) in [5.41, 5.74) is 22.3. The second kappa shape index (κ2) is 19.8. The van der Waals surface area contributed by atoms with Crippen molar-refractivity contribution < 1.29 is 4.74 Å². The summed E-state index contributed by atoms with van der Waals surface area (Å²) in [4.78, 5) is 12.3. The number of anilines is 15. The SMILES string of the molecule is c1ccc(N(c2ccccc2)c2cc3c4c(c2)N(c2ccccc2)c2c(sc5c2ccc2ccccc25)B4c2cc4c(cc2O3)N(c2ccccc2)c2cc(N(c3ccccc3)c3ccccc3)cc3c2B4c2ccccc2N3c2ccccc2)cc1. The minimum Gasteiger partial charge on any atom is -0.458 e. The van der Waals surface area contributed by atoms with Crippen LogP contribution >= 0.6 is 11.3 Å². The second-order valence-electron chi connectivity index (χ2n) is 22.8. The maximum Gasteiger partial charge on any atom is 0.268 e. The number of thiophene rings is 1. The molecule has 0 radical (unpaired) electrons. The van der Waals surface area contributed by atoms with Crippen LogP contribution in [0.4, 0.5) is 85.3 Å². The van der Waals surface area contributed by atoms with E-state index in [0.717, 1.165) is 102 Å². The highest BCUT2D eigenvalue weighted by Gasteiger charge is 2.49. The lowest BCUT2D eigenvalue weighted by molar-refractivity contribution is 0.488.